The average Bonchev–Trinajstić information content (AvgIpc) is 2.39. The second kappa shape index (κ2) is 7.59. The fraction of sp³-hybridized carbons (Fsp3) is 0.538. The number of nitrogens with one attached hydrogen (secondary N) is 1. The number of morpholine rings is 1. The summed E-state index contributed by atoms with van der Waals surface area (Å²) in [6.45, 7) is 4.55. The molecule has 106 valence electrons. The Hall–Kier alpha value is -0.140. The predicted molar refractivity (Wildman–Crippen MR) is 83.6 cm³/mol. The molecule has 0 aliphatic carbocycles. The van der Waals surface area contributed by atoms with Gasteiger partial charge in [-0.05, 0) is 34.1 Å². The molecule has 1 aliphatic heterocycles. The van der Waals surface area contributed by atoms with E-state index in [4.69, 9.17) is 4.74 Å². The minimum atomic E-state index is -0.381. The molecule has 1 atom stereocenters. The molecule has 1 aromatic rings. The van der Waals surface area contributed by atoms with Gasteiger partial charge in [0.2, 0.25) is 0 Å². The lowest BCUT2D eigenvalue weighted by molar-refractivity contribution is 0.0171. The minimum absolute atomic E-state index is 0.381. The third-order valence-electron chi connectivity index (χ3n) is 3.03. The first kappa shape index (κ1) is 15.3. The van der Waals surface area contributed by atoms with Crippen molar-refractivity contribution in [1.82, 2.24) is 4.90 Å². The number of nitrogens with zero attached hydrogens (tertiary/aromatic N) is 1. The smallest absolute Gasteiger partial charge is 0.0839 e. The van der Waals surface area contributed by atoms with Gasteiger partial charge in [-0.2, -0.15) is 0 Å². The highest BCUT2D eigenvalue weighted by Gasteiger charge is 2.14. The van der Waals surface area contributed by atoms with Gasteiger partial charge in [0.1, 0.15) is 0 Å². The van der Waals surface area contributed by atoms with E-state index in [0.717, 1.165) is 40.9 Å². The van der Waals surface area contributed by atoms with Crippen molar-refractivity contribution < 1.29 is 9.84 Å². The summed E-state index contributed by atoms with van der Waals surface area (Å²) in [5.74, 6) is 0. The van der Waals surface area contributed by atoms with Crippen molar-refractivity contribution in [1.29, 1.82) is 0 Å². The predicted octanol–water partition coefficient (Wildman–Crippen LogP) is 2.32. The van der Waals surface area contributed by atoms with Gasteiger partial charge in [0.05, 0.1) is 19.3 Å². The van der Waals surface area contributed by atoms with Crippen molar-refractivity contribution in [2.75, 3.05) is 44.7 Å². The van der Waals surface area contributed by atoms with E-state index in [9.17, 15) is 5.11 Å². The number of anilines is 1. The summed E-state index contributed by atoms with van der Waals surface area (Å²) >= 11 is 6.91. The maximum absolute atomic E-state index is 10.0. The zero-order chi connectivity index (χ0) is 13.7. The zero-order valence-corrected chi connectivity index (χ0v) is 13.8. The molecule has 1 aromatic carbocycles. The lowest BCUT2D eigenvalue weighted by atomic mass is 10.2. The van der Waals surface area contributed by atoms with Crippen molar-refractivity contribution in [3.05, 3.63) is 27.1 Å². The van der Waals surface area contributed by atoms with Crippen LogP contribution in [0.4, 0.5) is 5.69 Å². The van der Waals surface area contributed by atoms with E-state index < -0.39 is 0 Å². The number of benzene rings is 1. The standard InChI is InChI=1S/C13H18Br2N2O2/c14-10-1-2-13(12(15)7-10)16-8-11(18)9-17-3-5-19-6-4-17/h1-2,7,11,16,18H,3-6,8-9H2. The summed E-state index contributed by atoms with van der Waals surface area (Å²) in [5.41, 5.74) is 0.990. The fourth-order valence-corrected chi connectivity index (χ4v) is 3.19. The van der Waals surface area contributed by atoms with Crippen LogP contribution in [0.5, 0.6) is 0 Å². The first-order chi connectivity index (χ1) is 9.15. The van der Waals surface area contributed by atoms with Gasteiger partial charge in [-0.1, -0.05) is 15.9 Å². The monoisotopic (exact) mass is 392 g/mol. The highest BCUT2D eigenvalue weighted by atomic mass is 79.9. The van der Waals surface area contributed by atoms with Crippen molar-refractivity contribution in [2.24, 2.45) is 0 Å². The van der Waals surface area contributed by atoms with Crippen LogP contribution in [0.3, 0.4) is 0 Å². The van der Waals surface area contributed by atoms with E-state index >= 15 is 0 Å². The quantitative estimate of drug-likeness (QED) is 0.805. The molecule has 0 bridgehead atoms. The Morgan fingerprint density at radius 3 is 2.74 bits per heavy atom. The molecule has 0 saturated carbocycles. The number of rotatable bonds is 5. The maximum atomic E-state index is 10.0. The fourth-order valence-electron chi connectivity index (χ4n) is 2.01. The van der Waals surface area contributed by atoms with Gasteiger partial charge in [0.15, 0.2) is 0 Å². The van der Waals surface area contributed by atoms with Crippen molar-refractivity contribution in [3.63, 3.8) is 0 Å². The average molecular weight is 394 g/mol. The Morgan fingerprint density at radius 1 is 1.32 bits per heavy atom. The SMILES string of the molecule is OC(CNc1ccc(Br)cc1Br)CN1CCOCC1. The number of halogens is 2. The molecule has 0 radical (unpaired) electrons. The molecule has 1 fully saturated rings. The Morgan fingerprint density at radius 2 is 2.05 bits per heavy atom. The van der Waals surface area contributed by atoms with Crippen LogP contribution in [0.2, 0.25) is 0 Å². The minimum Gasteiger partial charge on any atom is -0.390 e. The first-order valence-corrected chi connectivity index (χ1v) is 7.91. The Kier molecular flexibility index (Phi) is 6.09. The van der Waals surface area contributed by atoms with Crippen LogP contribution in [0, 0.1) is 0 Å². The van der Waals surface area contributed by atoms with Crippen molar-refractivity contribution >= 4 is 37.5 Å². The summed E-state index contributed by atoms with van der Waals surface area (Å²) in [7, 11) is 0. The van der Waals surface area contributed by atoms with Crippen LogP contribution in [-0.2, 0) is 4.74 Å². The lowest BCUT2D eigenvalue weighted by Gasteiger charge is -2.28. The second-order valence-electron chi connectivity index (χ2n) is 4.57. The van der Waals surface area contributed by atoms with Gasteiger partial charge in [-0.15, -0.1) is 0 Å². The number of hydrogen-bond donors (Lipinski definition) is 2. The van der Waals surface area contributed by atoms with Gasteiger partial charge in [-0.3, -0.25) is 4.90 Å². The molecule has 2 N–H and O–H groups in total. The normalized spacial score (nSPS) is 18.3. The topological polar surface area (TPSA) is 44.7 Å². The third-order valence-corrected chi connectivity index (χ3v) is 4.18. The third kappa shape index (κ3) is 5.04. The van der Waals surface area contributed by atoms with Crippen LogP contribution < -0.4 is 5.32 Å². The molecule has 1 unspecified atom stereocenters. The van der Waals surface area contributed by atoms with E-state index in [-0.39, 0.29) is 6.10 Å². The maximum Gasteiger partial charge on any atom is 0.0839 e. The van der Waals surface area contributed by atoms with Crippen LogP contribution in [0.1, 0.15) is 0 Å². The largest absolute Gasteiger partial charge is 0.390 e. The Labute approximate surface area is 130 Å². The molecule has 0 spiro atoms. The van der Waals surface area contributed by atoms with Crippen molar-refractivity contribution in [3.8, 4) is 0 Å². The number of hydrogen-bond acceptors (Lipinski definition) is 4. The number of ether oxygens (including phenoxy) is 1. The van der Waals surface area contributed by atoms with Crippen LogP contribution >= 0.6 is 31.9 Å². The van der Waals surface area contributed by atoms with Gasteiger partial charge < -0.3 is 15.2 Å². The molecule has 2 rings (SSSR count). The summed E-state index contributed by atoms with van der Waals surface area (Å²) < 4.78 is 7.30. The molecule has 1 heterocycles. The molecule has 4 nitrogen and oxygen atoms in total. The molecule has 19 heavy (non-hydrogen) atoms. The zero-order valence-electron chi connectivity index (χ0n) is 10.6. The highest BCUT2D eigenvalue weighted by Crippen LogP contribution is 2.26. The van der Waals surface area contributed by atoms with Crippen molar-refractivity contribution in [2.45, 2.75) is 6.10 Å². The lowest BCUT2D eigenvalue weighted by Crippen LogP contribution is -2.42. The molecule has 1 aliphatic rings. The summed E-state index contributed by atoms with van der Waals surface area (Å²) in [6, 6.07) is 5.94. The van der Waals surface area contributed by atoms with Gasteiger partial charge in [-0.25, -0.2) is 0 Å². The van der Waals surface area contributed by atoms with Crippen LogP contribution in [0.15, 0.2) is 27.1 Å². The Bertz CT molecular complexity index is 412. The highest BCUT2D eigenvalue weighted by molar-refractivity contribution is 9.11. The van der Waals surface area contributed by atoms with Gasteiger partial charge in [0.25, 0.3) is 0 Å². The summed E-state index contributed by atoms with van der Waals surface area (Å²) in [5, 5.41) is 13.3. The van der Waals surface area contributed by atoms with E-state index in [2.05, 4.69) is 42.1 Å². The number of aliphatic hydroxyl groups is 1. The summed E-state index contributed by atoms with van der Waals surface area (Å²) in [6.07, 6.45) is -0.381. The molecular weight excluding hydrogens is 376 g/mol. The summed E-state index contributed by atoms with van der Waals surface area (Å²) in [4.78, 5) is 2.23. The Balaban J connectivity index is 1.77. The van der Waals surface area contributed by atoms with E-state index in [1.807, 2.05) is 18.2 Å². The van der Waals surface area contributed by atoms with Crippen LogP contribution in [-0.4, -0.2) is 55.5 Å². The molecular formula is C13H18Br2N2O2. The van der Waals surface area contributed by atoms with E-state index in [1.54, 1.807) is 0 Å². The van der Waals surface area contributed by atoms with Gasteiger partial charge in [0, 0.05) is 40.8 Å². The molecule has 6 heteroatoms. The first-order valence-electron chi connectivity index (χ1n) is 6.32. The van der Waals surface area contributed by atoms with E-state index in [0.29, 0.717) is 13.1 Å². The molecule has 0 aromatic heterocycles. The van der Waals surface area contributed by atoms with Crippen LogP contribution in [0.25, 0.3) is 0 Å². The second-order valence-corrected chi connectivity index (χ2v) is 6.34. The van der Waals surface area contributed by atoms with E-state index in [1.165, 1.54) is 0 Å². The number of aliphatic hydroxyl groups excluding tert-OH is 1. The molecule has 1 saturated heterocycles. The van der Waals surface area contributed by atoms with Gasteiger partial charge >= 0.3 is 0 Å². The molecule has 0 amide bonds. The number of β-amino-alcohol motifs (C(OH)–C–C–N with tert-alkyl or cyclic N) is 1.